The standard InChI is InChI=1S/C18H21BrO2/c1-21-18(20)17-11-13(19)9-10-16(17)15-8-4-6-12-5-2-3-7-14(12)15/h3-4,6-8,13-15H,2,5,9-11H2,1H3. The third-order valence-electron chi connectivity index (χ3n) is 4.76. The molecule has 3 heteroatoms. The summed E-state index contributed by atoms with van der Waals surface area (Å²) in [5.74, 6) is 0.611. The molecule has 0 saturated carbocycles. The molecular formula is C18H21BrO2. The third kappa shape index (κ3) is 2.94. The summed E-state index contributed by atoms with van der Waals surface area (Å²) in [6.07, 6.45) is 16.4. The van der Waals surface area contributed by atoms with E-state index in [0.29, 0.717) is 16.7 Å². The van der Waals surface area contributed by atoms with Crippen LogP contribution in [-0.4, -0.2) is 17.9 Å². The lowest BCUT2D eigenvalue weighted by molar-refractivity contribution is -0.136. The number of carbonyl (C=O) groups is 1. The van der Waals surface area contributed by atoms with Gasteiger partial charge >= 0.3 is 5.97 Å². The lowest BCUT2D eigenvalue weighted by atomic mass is 9.70. The number of ether oxygens (including phenoxy) is 1. The Bertz CT molecular complexity index is 554. The van der Waals surface area contributed by atoms with Crippen LogP contribution in [0.15, 0.2) is 47.1 Å². The zero-order valence-corrected chi connectivity index (χ0v) is 13.9. The fourth-order valence-corrected chi connectivity index (χ4v) is 4.26. The Morgan fingerprint density at radius 2 is 2.14 bits per heavy atom. The number of rotatable bonds is 2. The van der Waals surface area contributed by atoms with E-state index in [9.17, 15) is 4.79 Å². The minimum absolute atomic E-state index is 0.154. The summed E-state index contributed by atoms with van der Waals surface area (Å²) in [6.45, 7) is 0. The first-order chi connectivity index (χ1) is 10.2. The molecule has 0 amide bonds. The molecule has 0 aliphatic heterocycles. The van der Waals surface area contributed by atoms with E-state index in [0.717, 1.165) is 37.7 Å². The van der Waals surface area contributed by atoms with Gasteiger partial charge in [-0.25, -0.2) is 4.79 Å². The second-order valence-corrected chi connectivity index (χ2v) is 7.28. The van der Waals surface area contributed by atoms with Crippen LogP contribution in [0.4, 0.5) is 0 Å². The molecule has 0 N–H and O–H groups in total. The number of halogens is 1. The molecule has 0 fully saturated rings. The number of fused-ring (bicyclic) bond motifs is 1. The van der Waals surface area contributed by atoms with Gasteiger partial charge in [0.15, 0.2) is 0 Å². The molecule has 0 spiro atoms. The SMILES string of the molecule is COC(=O)C1=C(C2C=CC=C3CCC=CC32)CCC(Br)C1. The quantitative estimate of drug-likeness (QED) is 0.417. The van der Waals surface area contributed by atoms with Gasteiger partial charge in [-0.1, -0.05) is 57.5 Å². The number of methoxy groups -OCH3 is 1. The topological polar surface area (TPSA) is 26.3 Å². The zero-order chi connectivity index (χ0) is 14.8. The average Bonchev–Trinajstić information content (AvgIpc) is 2.53. The summed E-state index contributed by atoms with van der Waals surface area (Å²) >= 11 is 3.66. The van der Waals surface area contributed by atoms with E-state index in [2.05, 4.69) is 46.3 Å². The van der Waals surface area contributed by atoms with Crippen molar-refractivity contribution in [2.24, 2.45) is 11.8 Å². The van der Waals surface area contributed by atoms with Crippen LogP contribution in [-0.2, 0) is 9.53 Å². The molecule has 0 aromatic heterocycles. The molecule has 21 heavy (non-hydrogen) atoms. The lowest BCUT2D eigenvalue weighted by Gasteiger charge is -2.35. The molecule has 2 nitrogen and oxygen atoms in total. The minimum Gasteiger partial charge on any atom is -0.466 e. The predicted octanol–water partition coefficient (Wildman–Crippen LogP) is 4.48. The van der Waals surface area contributed by atoms with Crippen molar-refractivity contribution in [2.75, 3.05) is 7.11 Å². The van der Waals surface area contributed by atoms with Gasteiger partial charge in [-0.3, -0.25) is 0 Å². The number of alkyl halides is 1. The Labute approximate surface area is 134 Å². The number of hydrogen-bond acceptors (Lipinski definition) is 2. The van der Waals surface area contributed by atoms with Crippen molar-refractivity contribution in [3.63, 3.8) is 0 Å². The zero-order valence-electron chi connectivity index (χ0n) is 12.3. The largest absolute Gasteiger partial charge is 0.466 e. The van der Waals surface area contributed by atoms with Crippen LogP contribution in [0.2, 0.25) is 0 Å². The van der Waals surface area contributed by atoms with Gasteiger partial charge in [0.25, 0.3) is 0 Å². The smallest absolute Gasteiger partial charge is 0.333 e. The molecule has 3 aliphatic rings. The van der Waals surface area contributed by atoms with E-state index >= 15 is 0 Å². The van der Waals surface area contributed by atoms with Crippen molar-refractivity contribution in [3.05, 3.63) is 47.1 Å². The molecule has 3 atom stereocenters. The van der Waals surface area contributed by atoms with Crippen molar-refractivity contribution in [1.82, 2.24) is 0 Å². The maximum atomic E-state index is 12.2. The minimum atomic E-state index is -0.154. The third-order valence-corrected chi connectivity index (χ3v) is 5.54. The average molecular weight is 349 g/mol. The van der Waals surface area contributed by atoms with Gasteiger partial charge in [0.2, 0.25) is 0 Å². The Morgan fingerprint density at radius 1 is 1.29 bits per heavy atom. The molecular weight excluding hydrogens is 328 g/mol. The van der Waals surface area contributed by atoms with Crippen molar-refractivity contribution in [2.45, 2.75) is 36.9 Å². The number of esters is 1. The molecule has 0 radical (unpaired) electrons. The van der Waals surface area contributed by atoms with Crippen LogP contribution >= 0.6 is 15.9 Å². The van der Waals surface area contributed by atoms with Gasteiger partial charge in [0, 0.05) is 22.2 Å². The highest BCUT2D eigenvalue weighted by atomic mass is 79.9. The van der Waals surface area contributed by atoms with Crippen LogP contribution in [0.3, 0.4) is 0 Å². The van der Waals surface area contributed by atoms with Crippen LogP contribution in [0.5, 0.6) is 0 Å². The number of carbonyl (C=O) groups excluding carboxylic acids is 1. The van der Waals surface area contributed by atoms with Gasteiger partial charge in [-0.05, 0) is 32.1 Å². The van der Waals surface area contributed by atoms with E-state index in [-0.39, 0.29) is 5.97 Å². The summed E-state index contributed by atoms with van der Waals surface area (Å²) in [5, 5.41) is 0. The Balaban J connectivity index is 1.98. The summed E-state index contributed by atoms with van der Waals surface area (Å²) in [4.78, 5) is 12.6. The summed E-state index contributed by atoms with van der Waals surface area (Å²) < 4.78 is 5.02. The van der Waals surface area contributed by atoms with Gasteiger partial charge in [-0.2, -0.15) is 0 Å². The van der Waals surface area contributed by atoms with Crippen LogP contribution < -0.4 is 0 Å². The van der Waals surface area contributed by atoms with E-state index < -0.39 is 0 Å². The van der Waals surface area contributed by atoms with Gasteiger partial charge in [0.05, 0.1) is 7.11 Å². The van der Waals surface area contributed by atoms with Crippen LogP contribution in [0.1, 0.15) is 32.1 Å². The van der Waals surface area contributed by atoms with Gasteiger partial charge in [0.1, 0.15) is 0 Å². The highest BCUT2D eigenvalue weighted by Gasteiger charge is 2.33. The molecule has 0 aromatic carbocycles. The predicted molar refractivity (Wildman–Crippen MR) is 88.2 cm³/mol. The van der Waals surface area contributed by atoms with E-state index in [1.807, 2.05) is 0 Å². The molecule has 0 aromatic rings. The molecule has 3 rings (SSSR count). The Hall–Kier alpha value is -1.09. The van der Waals surface area contributed by atoms with Crippen molar-refractivity contribution in [3.8, 4) is 0 Å². The maximum absolute atomic E-state index is 12.2. The van der Waals surface area contributed by atoms with Crippen molar-refractivity contribution >= 4 is 21.9 Å². The van der Waals surface area contributed by atoms with Gasteiger partial charge < -0.3 is 4.74 Å². The van der Waals surface area contributed by atoms with E-state index in [1.165, 1.54) is 18.3 Å². The first-order valence-electron chi connectivity index (χ1n) is 7.69. The fourth-order valence-electron chi connectivity index (χ4n) is 3.70. The molecule has 112 valence electrons. The van der Waals surface area contributed by atoms with Crippen molar-refractivity contribution in [1.29, 1.82) is 0 Å². The molecule has 3 unspecified atom stereocenters. The summed E-state index contributed by atoms with van der Waals surface area (Å²) in [7, 11) is 1.48. The molecule has 0 saturated heterocycles. The molecule has 3 aliphatic carbocycles. The summed E-state index contributed by atoms with van der Waals surface area (Å²) in [6, 6.07) is 0. The molecule has 0 bridgehead atoms. The van der Waals surface area contributed by atoms with Gasteiger partial charge in [-0.15, -0.1) is 0 Å². The normalized spacial score (nSPS) is 31.7. The van der Waals surface area contributed by atoms with Crippen molar-refractivity contribution < 1.29 is 9.53 Å². The van der Waals surface area contributed by atoms with Crippen LogP contribution in [0, 0.1) is 11.8 Å². The second kappa shape index (κ2) is 6.35. The lowest BCUT2D eigenvalue weighted by Crippen LogP contribution is -2.26. The molecule has 0 heterocycles. The highest BCUT2D eigenvalue weighted by molar-refractivity contribution is 9.09. The summed E-state index contributed by atoms with van der Waals surface area (Å²) in [5.41, 5.74) is 3.68. The highest BCUT2D eigenvalue weighted by Crippen LogP contribution is 2.43. The first kappa shape index (κ1) is 14.8. The second-order valence-electron chi connectivity index (χ2n) is 5.98. The van der Waals surface area contributed by atoms with E-state index in [1.54, 1.807) is 0 Å². The number of hydrogen-bond donors (Lipinski definition) is 0. The Kier molecular flexibility index (Phi) is 4.48. The Morgan fingerprint density at radius 3 is 2.95 bits per heavy atom. The van der Waals surface area contributed by atoms with Crippen LogP contribution in [0.25, 0.3) is 0 Å². The monoisotopic (exact) mass is 348 g/mol. The maximum Gasteiger partial charge on any atom is 0.333 e. The first-order valence-corrected chi connectivity index (χ1v) is 8.60. The number of allylic oxidation sites excluding steroid dienone is 7. The van der Waals surface area contributed by atoms with E-state index in [4.69, 9.17) is 4.74 Å². The fraction of sp³-hybridized carbons (Fsp3) is 0.500.